The molecule has 0 radical (unpaired) electrons. The molecule has 0 aromatic heterocycles. The second-order valence-corrected chi connectivity index (χ2v) is 1.91. The first-order valence-electron chi connectivity index (χ1n) is 3.20. The Morgan fingerprint density at radius 3 is 2.70 bits per heavy atom. The maximum atomic E-state index is 10.7. The molecule has 0 aromatic carbocycles. The molecule has 0 fully saturated rings. The summed E-state index contributed by atoms with van der Waals surface area (Å²) in [5, 5.41) is 2.60. The van der Waals surface area contributed by atoms with Gasteiger partial charge < -0.3 is 11.1 Å². The Hall–Kier alpha value is -1.06. The highest BCUT2D eigenvalue weighted by Crippen LogP contribution is 1.71. The maximum absolute atomic E-state index is 10.7. The van der Waals surface area contributed by atoms with Crippen molar-refractivity contribution in [3.63, 3.8) is 0 Å². The zero-order valence-electron chi connectivity index (χ0n) is 6.35. The molecule has 58 valence electrons. The summed E-state index contributed by atoms with van der Waals surface area (Å²) in [5.74, 6) is 0.346. The number of hydrogen-bond acceptors (Lipinski definition) is 2. The third-order valence-corrected chi connectivity index (χ3v) is 0.846. The van der Waals surface area contributed by atoms with Crippen LogP contribution in [0.15, 0.2) is 4.99 Å². The fraction of sp³-hybridized carbons (Fsp3) is 0.667. The molecule has 0 aromatic rings. The molecule has 0 heterocycles. The van der Waals surface area contributed by atoms with Crippen LogP contribution in [-0.4, -0.2) is 24.8 Å². The number of aliphatic imine (C=N–C) groups is 1. The number of rotatable bonds is 3. The summed E-state index contributed by atoms with van der Waals surface area (Å²) in [6.45, 7) is 4.28. The van der Waals surface area contributed by atoms with Gasteiger partial charge in [-0.1, -0.05) is 0 Å². The van der Waals surface area contributed by atoms with Crippen LogP contribution in [0.5, 0.6) is 0 Å². The molecular formula is C6H13N3O. The van der Waals surface area contributed by atoms with Crippen molar-refractivity contribution in [2.45, 2.75) is 13.8 Å². The minimum Gasteiger partial charge on any atom is -0.388 e. The lowest BCUT2D eigenvalue weighted by Gasteiger charge is -1.96. The molecule has 3 N–H and O–H groups in total. The third-order valence-electron chi connectivity index (χ3n) is 0.846. The first-order chi connectivity index (χ1) is 4.66. The minimum absolute atomic E-state index is 0.0905. The minimum atomic E-state index is -0.0905. The highest BCUT2D eigenvalue weighted by atomic mass is 16.1. The predicted molar refractivity (Wildman–Crippen MR) is 40.8 cm³/mol. The van der Waals surface area contributed by atoms with Gasteiger partial charge in [0.25, 0.3) is 0 Å². The Morgan fingerprint density at radius 1 is 1.70 bits per heavy atom. The number of nitrogens with one attached hydrogen (secondary N) is 1. The van der Waals surface area contributed by atoms with Crippen molar-refractivity contribution in [3.8, 4) is 0 Å². The lowest BCUT2D eigenvalue weighted by Crippen LogP contribution is -2.26. The van der Waals surface area contributed by atoms with E-state index in [0.717, 1.165) is 0 Å². The van der Waals surface area contributed by atoms with Crippen molar-refractivity contribution in [1.82, 2.24) is 5.32 Å². The predicted octanol–water partition coefficient (Wildman–Crippen LogP) is -0.500. The SMILES string of the molecule is CCNC(=O)CN=C(C)N. The van der Waals surface area contributed by atoms with Crippen molar-refractivity contribution in [2.24, 2.45) is 10.7 Å². The average molecular weight is 143 g/mol. The van der Waals surface area contributed by atoms with E-state index in [-0.39, 0.29) is 12.5 Å². The molecule has 0 saturated carbocycles. The van der Waals surface area contributed by atoms with Gasteiger partial charge in [0.1, 0.15) is 6.54 Å². The van der Waals surface area contributed by atoms with E-state index in [9.17, 15) is 4.79 Å². The van der Waals surface area contributed by atoms with E-state index in [4.69, 9.17) is 5.73 Å². The highest BCUT2D eigenvalue weighted by molar-refractivity contribution is 5.83. The average Bonchev–Trinajstić information content (AvgIpc) is 1.85. The lowest BCUT2D eigenvalue weighted by molar-refractivity contribution is -0.119. The molecule has 0 rings (SSSR count). The lowest BCUT2D eigenvalue weighted by atomic mass is 10.5. The fourth-order valence-electron chi connectivity index (χ4n) is 0.450. The summed E-state index contributed by atoms with van der Waals surface area (Å²) in [7, 11) is 0. The quantitative estimate of drug-likeness (QED) is 0.413. The molecule has 0 saturated heterocycles. The van der Waals surface area contributed by atoms with Crippen LogP contribution < -0.4 is 11.1 Å². The number of hydrogen-bond donors (Lipinski definition) is 2. The van der Waals surface area contributed by atoms with Crippen LogP contribution in [0.3, 0.4) is 0 Å². The molecule has 0 bridgehead atoms. The standard InChI is InChI=1S/C6H13N3O/c1-3-8-6(10)4-9-5(2)7/h3-4H2,1-2H3,(H2,7,9)(H,8,10). The molecule has 1 amide bonds. The van der Waals surface area contributed by atoms with Gasteiger partial charge in [0.15, 0.2) is 0 Å². The van der Waals surface area contributed by atoms with Crippen LogP contribution in [0.25, 0.3) is 0 Å². The van der Waals surface area contributed by atoms with Gasteiger partial charge in [-0.25, -0.2) is 0 Å². The normalized spacial score (nSPS) is 11.2. The van der Waals surface area contributed by atoms with E-state index in [0.29, 0.717) is 12.4 Å². The number of nitrogens with two attached hydrogens (primary N) is 1. The van der Waals surface area contributed by atoms with Gasteiger partial charge >= 0.3 is 0 Å². The fourth-order valence-corrected chi connectivity index (χ4v) is 0.450. The summed E-state index contributed by atoms with van der Waals surface area (Å²) in [4.78, 5) is 14.4. The Labute approximate surface area is 60.5 Å². The van der Waals surface area contributed by atoms with E-state index in [1.807, 2.05) is 6.92 Å². The number of carbonyl (C=O) groups excluding carboxylic acids is 1. The van der Waals surface area contributed by atoms with E-state index in [1.54, 1.807) is 6.92 Å². The molecule has 0 spiro atoms. The van der Waals surface area contributed by atoms with Crippen LogP contribution in [0.2, 0.25) is 0 Å². The summed E-state index contributed by atoms with van der Waals surface area (Å²) >= 11 is 0. The van der Waals surface area contributed by atoms with Gasteiger partial charge in [-0.05, 0) is 13.8 Å². The van der Waals surface area contributed by atoms with Crippen molar-refractivity contribution in [3.05, 3.63) is 0 Å². The van der Waals surface area contributed by atoms with Gasteiger partial charge in [0.05, 0.1) is 5.84 Å². The Kier molecular flexibility index (Phi) is 4.28. The van der Waals surface area contributed by atoms with Crippen LogP contribution in [0.4, 0.5) is 0 Å². The number of likely N-dealkylation sites (N-methyl/N-ethyl adjacent to an activating group) is 1. The van der Waals surface area contributed by atoms with Gasteiger partial charge in [0.2, 0.25) is 5.91 Å². The number of amides is 1. The molecule has 0 atom stereocenters. The monoisotopic (exact) mass is 143 g/mol. The van der Waals surface area contributed by atoms with Gasteiger partial charge in [0, 0.05) is 6.54 Å². The zero-order chi connectivity index (χ0) is 7.98. The number of carbonyl (C=O) groups is 1. The zero-order valence-corrected chi connectivity index (χ0v) is 6.35. The Morgan fingerprint density at radius 2 is 2.30 bits per heavy atom. The molecule has 0 unspecified atom stereocenters. The summed E-state index contributed by atoms with van der Waals surface area (Å²) in [5.41, 5.74) is 5.21. The summed E-state index contributed by atoms with van der Waals surface area (Å²) < 4.78 is 0. The van der Waals surface area contributed by atoms with Gasteiger partial charge in [-0.15, -0.1) is 0 Å². The highest BCUT2D eigenvalue weighted by Gasteiger charge is 1.94. The van der Waals surface area contributed by atoms with Crippen molar-refractivity contribution >= 4 is 11.7 Å². The van der Waals surface area contributed by atoms with Crippen LogP contribution in [0, 0.1) is 0 Å². The molecular weight excluding hydrogens is 130 g/mol. The topological polar surface area (TPSA) is 67.5 Å². The van der Waals surface area contributed by atoms with Crippen molar-refractivity contribution in [1.29, 1.82) is 0 Å². The van der Waals surface area contributed by atoms with Crippen LogP contribution >= 0.6 is 0 Å². The maximum Gasteiger partial charge on any atom is 0.241 e. The van der Waals surface area contributed by atoms with Gasteiger partial charge in [-0.3, -0.25) is 9.79 Å². The molecule has 0 aliphatic carbocycles. The van der Waals surface area contributed by atoms with Gasteiger partial charge in [-0.2, -0.15) is 0 Å². The Balaban J connectivity index is 3.49. The smallest absolute Gasteiger partial charge is 0.241 e. The molecule has 0 aliphatic heterocycles. The Bertz CT molecular complexity index is 138. The molecule has 4 nitrogen and oxygen atoms in total. The van der Waals surface area contributed by atoms with Crippen molar-refractivity contribution in [2.75, 3.05) is 13.1 Å². The largest absolute Gasteiger partial charge is 0.388 e. The first kappa shape index (κ1) is 8.94. The first-order valence-corrected chi connectivity index (χ1v) is 3.20. The van der Waals surface area contributed by atoms with E-state index in [1.165, 1.54) is 0 Å². The molecule has 10 heavy (non-hydrogen) atoms. The van der Waals surface area contributed by atoms with E-state index >= 15 is 0 Å². The number of nitrogens with zero attached hydrogens (tertiary/aromatic N) is 1. The van der Waals surface area contributed by atoms with Crippen LogP contribution in [-0.2, 0) is 4.79 Å². The van der Waals surface area contributed by atoms with E-state index < -0.39 is 0 Å². The van der Waals surface area contributed by atoms with Crippen LogP contribution in [0.1, 0.15) is 13.8 Å². The summed E-state index contributed by atoms with van der Waals surface area (Å²) in [6.07, 6.45) is 0. The summed E-state index contributed by atoms with van der Waals surface area (Å²) in [6, 6.07) is 0. The number of amidine groups is 1. The molecule has 4 heteroatoms. The van der Waals surface area contributed by atoms with Crippen molar-refractivity contribution < 1.29 is 4.79 Å². The molecule has 0 aliphatic rings. The second-order valence-electron chi connectivity index (χ2n) is 1.91. The third kappa shape index (κ3) is 5.08. The second kappa shape index (κ2) is 4.78. The van der Waals surface area contributed by atoms with E-state index in [2.05, 4.69) is 10.3 Å².